The van der Waals surface area contributed by atoms with Gasteiger partial charge in [0.15, 0.2) is 5.78 Å². The van der Waals surface area contributed by atoms with Crippen LogP contribution >= 0.6 is 0 Å². The molecular formula is C24H19F3N2O5. The summed E-state index contributed by atoms with van der Waals surface area (Å²) in [5.41, 5.74) is -3.40. The lowest BCUT2D eigenvalue weighted by Gasteiger charge is -2.20. The maximum atomic E-state index is 13.6. The second-order valence-corrected chi connectivity index (χ2v) is 8.11. The number of ketones is 1. The van der Waals surface area contributed by atoms with Gasteiger partial charge >= 0.3 is 17.8 Å². The van der Waals surface area contributed by atoms with Crippen LogP contribution in [0.15, 0.2) is 46.0 Å². The van der Waals surface area contributed by atoms with Crippen molar-refractivity contribution < 1.29 is 27.9 Å². The lowest BCUT2D eigenvalue weighted by Crippen LogP contribution is -2.39. The first-order chi connectivity index (χ1) is 15.9. The van der Waals surface area contributed by atoms with Gasteiger partial charge in [-0.3, -0.25) is 14.2 Å². The van der Waals surface area contributed by atoms with E-state index in [4.69, 9.17) is 0 Å². The van der Waals surface area contributed by atoms with E-state index in [2.05, 4.69) is 0 Å². The largest absolute Gasteiger partial charge is 0.478 e. The van der Waals surface area contributed by atoms with Crippen LogP contribution in [0.4, 0.5) is 13.2 Å². The van der Waals surface area contributed by atoms with E-state index < -0.39 is 34.6 Å². The van der Waals surface area contributed by atoms with E-state index in [1.54, 1.807) is 0 Å². The zero-order valence-electron chi connectivity index (χ0n) is 18.2. The summed E-state index contributed by atoms with van der Waals surface area (Å²) in [4.78, 5) is 50.7. The smallest absolute Gasteiger partial charge is 0.418 e. The number of carbonyl (C=O) groups is 2. The Balaban J connectivity index is 2.16. The number of rotatable bonds is 3. The maximum absolute atomic E-state index is 13.6. The summed E-state index contributed by atoms with van der Waals surface area (Å²) in [6, 6.07) is 5.53. The summed E-state index contributed by atoms with van der Waals surface area (Å²) < 4.78 is 42.3. The highest BCUT2D eigenvalue weighted by atomic mass is 19.4. The van der Waals surface area contributed by atoms with Crippen LogP contribution in [0, 0.1) is 6.92 Å². The molecule has 0 atom stereocenters. The van der Waals surface area contributed by atoms with Gasteiger partial charge in [0.05, 0.1) is 27.7 Å². The third kappa shape index (κ3) is 3.64. The molecule has 10 heteroatoms. The number of aromatic carboxylic acids is 1. The average molecular weight is 472 g/mol. The molecule has 1 aromatic heterocycles. The lowest BCUT2D eigenvalue weighted by atomic mass is 9.87. The Labute approximate surface area is 190 Å². The van der Waals surface area contributed by atoms with Crippen molar-refractivity contribution in [1.29, 1.82) is 0 Å². The summed E-state index contributed by atoms with van der Waals surface area (Å²) in [5, 5.41) is 9.72. The minimum absolute atomic E-state index is 0.00207. The van der Waals surface area contributed by atoms with Crippen molar-refractivity contribution in [1.82, 2.24) is 9.13 Å². The summed E-state index contributed by atoms with van der Waals surface area (Å²) >= 11 is 0. The van der Waals surface area contributed by atoms with E-state index in [1.165, 1.54) is 32.2 Å². The van der Waals surface area contributed by atoms with Gasteiger partial charge in [0.2, 0.25) is 0 Å². The van der Waals surface area contributed by atoms with Crippen LogP contribution in [-0.2, 0) is 18.0 Å². The predicted molar refractivity (Wildman–Crippen MR) is 118 cm³/mol. The molecule has 1 N–H and O–H groups in total. The van der Waals surface area contributed by atoms with Crippen LogP contribution in [-0.4, -0.2) is 26.0 Å². The maximum Gasteiger partial charge on any atom is 0.418 e. The van der Waals surface area contributed by atoms with E-state index in [0.29, 0.717) is 29.4 Å². The van der Waals surface area contributed by atoms with E-state index in [0.717, 1.165) is 22.8 Å². The van der Waals surface area contributed by atoms with Crippen LogP contribution in [0.1, 0.15) is 46.3 Å². The predicted octanol–water partition coefficient (Wildman–Crippen LogP) is 3.85. The number of para-hydroxylation sites is 1. The Morgan fingerprint density at radius 2 is 1.76 bits per heavy atom. The number of carboxylic acid groups (broad SMARTS) is 1. The molecule has 0 aliphatic heterocycles. The number of alkyl halides is 3. The molecule has 3 aromatic rings. The van der Waals surface area contributed by atoms with Gasteiger partial charge in [-0.25, -0.2) is 14.2 Å². The van der Waals surface area contributed by atoms with Gasteiger partial charge in [0.25, 0.3) is 5.56 Å². The minimum atomic E-state index is -4.83. The molecule has 0 amide bonds. The van der Waals surface area contributed by atoms with Crippen molar-refractivity contribution >= 4 is 28.2 Å². The van der Waals surface area contributed by atoms with Crippen molar-refractivity contribution in [3.63, 3.8) is 0 Å². The first kappa shape index (κ1) is 23.2. The van der Waals surface area contributed by atoms with Crippen LogP contribution in [0.25, 0.3) is 22.2 Å². The fourth-order valence-electron chi connectivity index (χ4n) is 4.44. The van der Waals surface area contributed by atoms with Gasteiger partial charge in [0, 0.05) is 13.5 Å². The molecule has 4 rings (SSSR count). The third-order valence-electron chi connectivity index (χ3n) is 6.03. The van der Waals surface area contributed by atoms with E-state index in [1.807, 2.05) is 0 Å². The number of aryl methyl sites for hydroxylation is 2. The third-order valence-corrected chi connectivity index (χ3v) is 6.03. The molecule has 1 aliphatic carbocycles. The number of carbonyl (C=O) groups excluding carboxylic acids is 1. The molecule has 1 heterocycles. The number of nitrogens with zero attached hydrogens (tertiary/aromatic N) is 2. The topological polar surface area (TPSA) is 98.4 Å². The van der Waals surface area contributed by atoms with Crippen molar-refractivity contribution in [2.24, 2.45) is 7.05 Å². The molecule has 0 unspecified atom stereocenters. The van der Waals surface area contributed by atoms with Crippen LogP contribution in [0.3, 0.4) is 0 Å². The van der Waals surface area contributed by atoms with E-state index in [9.17, 15) is 37.5 Å². The molecule has 0 fully saturated rings. The Hall–Kier alpha value is -3.95. The lowest BCUT2D eigenvalue weighted by molar-refractivity contribution is -0.137. The zero-order valence-corrected chi connectivity index (χ0v) is 18.2. The first-order valence-electron chi connectivity index (χ1n) is 10.4. The minimum Gasteiger partial charge on any atom is -0.478 e. The van der Waals surface area contributed by atoms with Crippen LogP contribution < -0.4 is 11.2 Å². The molecule has 176 valence electrons. The number of fused-ring (bicyclic) bond motifs is 1. The number of benzene rings is 2. The normalized spacial score (nSPS) is 14.4. The van der Waals surface area contributed by atoms with Crippen molar-refractivity contribution in [2.75, 3.05) is 0 Å². The summed E-state index contributed by atoms with van der Waals surface area (Å²) in [6.45, 7) is 1.37. The number of aromatic nitrogens is 2. The summed E-state index contributed by atoms with van der Waals surface area (Å²) in [6.07, 6.45) is -2.19. The van der Waals surface area contributed by atoms with Crippen LogP contribution in [0.5, 0.6) is 0 Å². The highest BCUT2D eigenvalue weighted by molar-refractivity contribution is 6.06. The molecular weight excluding hydrogens is 453 g/mol. The van der Waals surface area contributed by atoms with Gasteiger partial charge in [-0.05, 0) is 60.7 Å². The Morgan fingerprint density at radius 1 is 1.09 bits per heavy atom. The number of hydrogen-bond acceptors (Lipinski definition) is 4. The average Bonchev–Trinajstić information content (AvgIpc) is 2.76. The fraction of sp³-hybridized carbons (Fsp3) is 0.250. The van der Waals surface area contributed by atoms with E-state index in [-0.39, 0.29) is 33.4 Å². The molecule has 34 heavy (non-hydrogen) atoms. The molecule has 2 aromatic carbocycles. The molecule has 1 aliphatic rings. The Morgan fingerprint density at radius 3 is 2.38 bits per heavy atom. The molecule has 0 saturated carbocycles. The van der Waals surface area contributed by atoms with Crippen LogP contribution in [0.2, 0.25) is 0 Å². The Kier molecular flexibility index (Phi) is 5.55. The summed E-state index contributed by atoms with van der Waals surface area (Å²) in [7, 11) is 1.29. The Bertz CT molecular complexity index is 1530. The van der Waals surface area contributed by atoms with E-state index >= 15 is 0 Å². The van der Waals surface area contributed by atoms with Crippen molar-refractivity contribution in [2.45, 2.75) is 32.4 Å². The first-order valence-corrected chi connectivity index (χ1v) is 10.4. The number of carboxylic acids is 1. The van der Waals surface area contributed by atoms with Gasteiger partial charge in [-0.2, -0.15) is 13.2 Å². The molecule has 0 saturated heterocycles. The standard InChI is InChI=1S/C24H19F3N2O5/c1-12-19(22(32)33)15(13-6-5-7-14(30)10-13)11-18-20(12)21(31)29(23(34)28(18)2)17-9-4-3-8-16(17)24(25,26)27/h3-4,8-11H,5-7H2,1-2H3,(H,32,33). The van der Waals surface area contributed by atoms with Crippen molar-refractivity contribution in [3.8, 4) is 5.69 Å². The van der Waals surface area contributed by atoms with Gasteiger partial charge in [0.1, 0.15) is 0 Å². The molecule has 7 nitrogen and oxygen atoms in total. The van der Waals surface area contributed by atoms with Gasteiger partial charge < -0.3 is 5.11 Å². The van der Waals surface area contributed by atoms with Gasteiger partial charge in [-0.1, -0.05) is 12.1 Å². The van der Waals surface area contributed by atoms with Gasteiger partial charge in [-0.15, -0.1) is 0 Å². The molecule has 0 bridgehead atoms. The zero-order chi connectivity index (χ0) is 24.9. The summed E-state index contributed by atoms with van der Waals surface area (Å²) in [5.74, 6) is -1.52. The SMILES string of the molecule is Cc1c(C(=O)O)c(C2=CC(=O)CCC2)cc2c1c(=O)n(-c1ccccc1C(F)(F)F)c(=O)n2C. The van der Waals surface area contributed by atoms with Crippen molar-refractivity contribution in [3.05, 3.63) is 79.5 Å². The monoisotopic (exact) mass is 472 g/mol. The second kappa shape index (κ2) is 8.12. The quantitative estimate of drug-likeness (QED) is 0.625. The highest BCUT2D eigenvalue weighted by Crippen LogP contribution is 2.35. The number of allylic oxidation sites excluding steroid dienone is 2. The fourth-order valence-corrected chi connectivity index (χ4v) is 4.44. The second-order valence-electron chi connectivity index (χ2n) is 8.11. The number of hydrogen-bond donors (Lipinski definition) is 1. The number of halogens is 3. The molecule has 0 radical (unpaired) electrons. The highest BCUT2D eigenvalue weighted by Gasteiger charge is 2.35. The molecule has 0 spiro atoms.